The second-order valence-corrected chi connectivity index (χ2v) is 10.4. The molecule has 8 N–H and O–H groups in total. The molecule has 4 rings (SSSR count). The quantitative estimate of drug-likeness (QED) is 0.124. The number of ketones is 2. The zero-order valence-corrected chi connectivity index (χ0v) is 21.4. The first kappa shape index (κ1) is 27.7. The van der Waals surface area contributed by atoms with Crippen molar-refractivity contribution < 1.29 is 45.0 Å². The molecule has 38 heavy (non-hydrogen) atoms. The van der Waals surface area contributed by atoms with E-state index in [1.807, 2.05) is 0 Å². The fraction of sp³-hybridized carbons (Fsp3) is 0.500. The number of carbonyl (C=O) groups is 3. The highest BCUT2D eigenvalue weighted by atomic mass is 16.3. The number of carbonyl (C=O) groups excluding carboxylic acids is 3. The van der Waals surface area contributed by atoms with E-state index in [9.17, 15) is 39.9 Å². The Labute approximate surface area is 218 Å². The number of fused-ring (bicyclic) bond motifs is 3. The predicted octanol–water partition coefficient (Wildman–Crippen LogP) is -0.811. The van der Waals surface area contributed by atoms with Crippen molar-refractivity contribution >= 4 is 23.2 Å². The first-order valence-corrected chi connectivity index (χ1v) is 12.3. The van der Waals surface area contributed by atoms with Gasteiger partial charge in [-0.15, -0.1) is 0 Å². The molecule has 0 radical (unpaired) electrons. The molecule has 1 aromatic rings. The lowest BCUT2D eigenvalue weighted by atomic mass is 9.54. The van der Waals surface area contributed by atoms with Crippen molar-refractivity contribution in [2.45, 2.75) is 37.0 Å². The van der Waals surface area contributed by atoms with Crippen molar-refractivity contribution in [1.82, 2.24) is 15.5 Å². The summed E-state index contributed by atoms with van der Waals surface area (Å²) < 4.78 is 0. The Morgan fingerprint density at radius 3 is 2.47 bits per heavy atom. The normalized spacial score (nSPS) is 30.8. The average Bonchev–Trinajstić information content (AvgIpc) is 2.84. The number of likely N-dealkylation sites (N-methyl/N-ethyl adjacent to an activating group) is 1. The first-order chi connectivity index (χ1) is 17.8. The van der Waals surface area contributed by atoms with Crippen LogP contribution in [-0.4, -0.2) is 98.6 Å². The van der Waals surface area contributed by atoms with E-state index in [0.29, 0.717) is 13.0 Å². The number of rotatable bonds is 7. The Balaban J connectivity index is 1.86. The number of hydrogen-bond donors (Lipinski definition) is 8. The number of phenolic OH excluding ortho intramolecular Hbond substituents is 1. The van der Waals surface area contributed by atoms with Gasteiger partial charge in [-0.05, 0) is 52.0 Å². The van der Waals surface area contributed by atoms with Gasteiger partial charge in [-0.25, -0.2) is 0 Å². The SMILES string of the molecule is CN(C)C1C(=O)C(C(=O)NCNCCCO)=C(O)C2(O)C(=O)C3=C(O)c4c(O)cccc4C(C)(O)C3CC12. The van der Waals surface area contributed by atoms with Crippen LogP contribution in [0.4, 0.5) is 0 Å². The molecule has 0 saturated heterocycles. The smallest absolute Gasteiger partial charge is 0.259 e. The maximum atomic E-state index is 14.0. The van der Waals surface area contributed by atoms with Crippen LogP contribution in [0.1, 0.15) is 30.9 Å². The van der Waals surface area contributed by atoms with Crippen molar-refractivity contribution in [3.8, 4) is 5.75 Å². The molecule has 3 aliphatic rings. The van der Waals surface area contributed by atoms with Gasteiger partial charge >= 0.3 is 0 Å². The van der Waals surface area contributed by atoms with E-state index in [1.165, 1.54) is 44.1 Å². The Hall–Kier alpha value is -3.29. The van der Waals surface area contributed by atoms with Crippen LogP contribution >= 0.6 is 0 Å². The molecule has 3 aliphatic carbocycles. The summed E-state index contributed by atoms with van der Waals surface area (Å²) >= 11 is 0. The van der Waals surface area contributed by atoms with E-state index < -0.39 is 75.0 Å². The number of nitrogens with zero attached hydrogens (tertiary/aromatic N) is 1. The zero-order valence-electron chi connectivity index (χ0n) is 21.4. The number of aliphatic hydroxyl groups is 5. The Morgan fingerprint density at radius 1 is 1.16 bits per heavy atom. The minimum atomic E-state index is -2.77. The van der Waals surface area contributed by atoms with Crippen molar-refractivity contribution in [2.75, 3.05) is 33.9 Å². The Kier molecular flexibility index (Phi) is 7.14. The number of nitrogens with one attached hydrogen (secondary N) is 2. The van der Waals surface area contributed by atoms with Gasteiger partial charge in [0.2, 0.25) is 5.78 Å². The number of phenols is 1. The van der Waals surface area contributed by atoms with Gasteiger partial charge in [0.05, 0.1) is 23.9 Å². The zero-order chi connectivity index (χ0) is 28.2. The summed E-state index contributed by atoms with van der Waals surface area (Å²) in [6.45, 7) is 1.60. The topological polar surface area (TPSA) is 200 Å². The lowest BCUT2D eigenvalue weighted by molar-refractivity contribution is -0.159. The second kappa shape index (κ2) is 9.79. The van der Waals surface area contributed by atoms with Gasteiger partial charge in [0, 0.05) is 24.0 Å². The third-order valence-electron chi connectivity index (χ3n) is 7.89. The molecule has 0 bridgehead atoms. The lowest BCUT2D eigenvalue weighted by Crippen LogP contribution is -2.67. The molecule has 5 atom stereocenters. The van der Waals surface area contributed by atoms with Crippen molar-refractivity contribution in [1.29, 1.82) is 0 Å². The van der Waals surface area contributed by atoms with Crippen LogP contribution in [0.3, 0.4) is 0 Å². The molecule has 1 saturated carbocycles. The fourth-order valence-electron chi connectivity index (χ4n) is 6.01. The van der Waals surface area contributed by atoms with Crippen molar-refractivity contribution in [2.24, 2.45) is 11.8 Å². The molecule has 12 heteroatoms. The summed E-state index contributed by atoms with van der Waals surface area (Å²) in [7, 11) is 3.05. The van der Waals surface area contributed by atoms with E-state index in [4.69, 9.17) is 5.11 Å². The van der Waals surface area contributed by atoms with E-state index >= 15 is 0 Å². The van der Waals surface area contributed by atoms with Gasteiger partial charge in [0.15, 0.2) is 11.4 Å². The third kappa shape index (κ3) is 3.91. The summed E-state index contributed by atoms with van der Waals surface area (Å²) in [5.74, 6) is -7.56. The minimum Gasteiger partial charge on any atom is -0.508 e. The molecule has 1 fully saturated rings. The van der Waals surface area contributed by atoms with Crippen molar-refractivity contribution in [3.05, 3.63) is 46.2 Å². The Morgan fingerprint density at radius 2 is 1.84 bits per heavy atom. The molecular weight excluding hydrogens is 498 g/mol. The number of hydrogen-bond acceptors (Lipinski definition) is 11. The monoisotopic (exact) mass is 531 g/mol. The van der Waals surface area contributed by atoms with Crippen LogP contribution in [0.15, 0.2) is 35.1 Å². The molecule has 1 aromatic carbocycles. The van der Waals surface area contributed by atoms with Crippen LogP contribution in [0, 0.1) is 11.8 Å². The average molecular weight is 532 g/mol. The number of aliphatic hydroxyl groups excluding tert-OH is 3. The number of aromatic hydroxyl groups is 1. The minimum absolute atomic E-state index is 0.0642. The molecule has 1 amide bonds. The van der Waals surface area contributed by atoms with E-state index in [1.54, 1.807) is 0 Å². The highest BCUT2D eigenvalue weighted by molar-refractivity contribution is 6.25. The highest BCUT2D eigenvalue weighted by Gasteiger charge is 2.66. The summed E-state index contributed by atoms with van der Waals surface area (Å²) in [6.07, 6.45) is 0.212. The molecular formula is C26H33N3O9. The van der Waals surface area contributed by atoms with Crippen LogP contribution < -0.4 is 10.6 Å². The third-order valence-corrected chi connectivity index (χ3v) is 7.89. The van der Waals surface area contributed by atoms with Gasteiger partial charge < -0.3 is 36.0 Å². The van der Waals surface area contributed by atoms with Crippen molar-refractivity contribution in [3.63, 3.8) is 0 Å². The lowest BCUT2D eigenvalue weighted by Gasteiger charge is -2.53. The molecule has 0 aliphatic heterocycles. The standard InChI is InChI=1S/C26H33N3O9/c1-25(37)12-6-4-7-15(31)16(12)20(32)17-13(25)10-14-19(29(2)3)21(33)18(23(35)26(14,38)22(17)34)24(36)28-11-27-8-5-9-30/h4,6-7,13-14,19,27,30-32,35,37-38H,5,8-11H2,1-3H3,(H,28,36). The highest BCUT2D eigenvalue weighted by Crippen LogP contribution is 2.57. The first-order valence-electron chi connectivity index (χ1n) is 12.3. The van der Waals surface area contributed by atoms with E-state index in [-0.39, 0.29) is 30.8 Å². The fourth-order valence-corrected chi connectivity index (χ4v) is 6.01. The Bertz CT molecular complexity index is 1250. The van der Waals surface area contributed by atoms with Gasteiger partial charge in [0.1, 0.15) is 22.8 Å². The molecule has 12 nitrogen and oxygen atoms in total. The van der Waals surface area contributed by atoms with Crippen LogP contribution in [0.25, 0.3) is 5.76 Å². The summed E-state index contributed by atoms with van der Waals surface area (Å²) in [4.78, 5) is 41.9. The molecule has 0 aromatic heterocycles. The number of benzene rings is 1. The van der Waals surface area contributed by atoms with Crippen LogP contribution in [0.5, 0.6) is 5.75 Å². The number of amides is 1. The molecule has 0 heterocycles. The largest absolute Gasteiger partial charge is 0.508 e. The van der Waals surface area contributed by atoms with Gasteiger partial charge in [-0.2, -0.15) is 0 Å². The van der Waals surface area contributed by atoms with Crippen LogP contribution in [-0.2, 0) is 20.0 Å². The maximum Gasteiger partial charge on any atom is 0.259 e. The summed E-state index contributed by atoms with van der Waals surface area (Å²) in [6, 6.07) is 3.02. The molecule has 5 unspecified atom stereocenters. The predicted molar refractivity (Wildman–Crippen MR) is 134 cm³/mol. The van der Waals surface area contributed by atoms with Gasteiger partial charge in [-0.1, -0.05) is 12.1 Å². The van der Waals surface area contributed by atoms with Gasteiger partial charge in [-0.3, -0.25) is 24.6 Å². The molecule has 0 spiro atoms. The van der Waals surface area contributed by atoms with E-state index in [2.05, 4.69) is 10.6 Å². The van der Waals surface area contributed by atoms with E-state index in [0.717, 1.165) is 0 Å². The molecule has 206 valence electrons. The summed E-state index contributed by atoms with van der Waals surface area (Å²) in [5.41, 5.74) is -5.76. The van der Waals surface area contributed by atoms with Gasteiger partial charge in [0.25, 0.3) is 5.91 Å². The van der Waals surface area contributed by atoms with Crippen LogP contribution in [0.2, 0.25) is 0 Å². The second-order valence-electron chi connectivity index (χ2n) is 10.4. The summed E-state index contributed by atoms with van der Waals surface area (Å²) in [5, 5.41) is 70.2. The maximum absolute atomic E-state index is 14.0. The number of Topliss-reactive ketones (excluding diaryl/α,β-unsaturated/α-hetero) is 2.